The lowest BCUT2D eigenvalue weighted by molar-refractivity contribution is 0.0526. The van der Waals surface area contributed by atoms with Crippen LogP contribution in [0.5, 0.6) is 0 Å². The summed E-state index contributed by atoms with van der Waals surface area (Å²) < 4.78 is 7.76. The lowest BCUT2D eigenvalue weighted by Gasteiger charge is -2.09. The predicted molar refractivity (Wildman–Crippen MR) is 89.0 cm³/mol. The molecule has 2 heterocycles. The number of hydrogen-bond acceptors (Lipinski definition) is 6. The van der Waals surface area contributed by atoms with Gasteiger partial charge in [0.25, 0.3) is 5.56 Å². The average Bonchev–Trinajstić information content (AvgIpc) is 3.03. The van der Waals surface area contributed by atoms with Crippen molar-refractivity contribution in [1.29, 1.82) is 5.26 Å². The van der Waals surface area contributed by atoms with Gasteiger partial charge in [0, 0.05) is 13.2 Å². The van der Waals surface area contributed by atoms with Gasteiger partial charge in [-0.15, -0.1) is 0 Å². The minimum absolute atomic E-state index is 0.0239. The van der Waals surface area contributed by atoms with Crippen LogP contribution >= 0.6 is 0 Å². The number of esters is 1. The van der Waals surface area contributed by atoms with Crippen LogP contribution in [0, 0.1) is 11.3 Å². The van der Waals surface area contributed by atoms with E-state index in [1.165, 1.54) is 15.4 Å². The third kappa shape index (κ3) is 2.99. The van der Waals surface area contributed by atoms with Crippen LogP contribution in [0.25, 0.3) is 10.9 Å². The molecule has 0 amide bonds. The van der Waals surface area contributed by atoms with Gasteiger partial charge < -0.3 is 4.74 Å². The molecule has 126 valence electrons. The summed E-state index contributed by atoms with van der Waals surface area (Å²) in [6.07, 6.45) is 1.43. The van der Waals surface area contributed by atoms with Crippen molar-refractivity contribution in [2.24, 2.45) is 7.05 Å². The van der Waals surface area contributed by atoms with Gasteiger partial charge in [-0.1, -0.05) is 12.1 Å². The number of ether oxygens (including phenoxy) is 1. The standard InChI is InChI=1S/C17H15N5O3/c1-3-25-17(24)12-9-22(20-14(12)8-18)10-15-19-13-7-5-4-6-11(13)16(23)21(15)2/h4-7,9H,3,10H2,1-2H3. The van der Waals surface area contributed by atoms with Crippen molar-refractivity contribution < 1.29 is 9.53 Å². The average molecular weight is 337 g/mol. The Labute approximate surface area is 142 Å². The zero-order valence-electron chi connectivity index (χ0n) is 13.8. The SMILES string of the molecule is CCOC(=O)c1cn(Cc2nc3ccccc3c(=O)n2C)nc1C#N. The largest absolute Gasteiger partial charge is 0.462 e. The molecule has 0 aliphatic rings. The molecule has 0 radical (unpaired) electrons. The van der Waals surface area contributed by atoms with Gasteiger partial charge in [0.2, 0.25) is 0 Å². The number of nitriles is 1. The molecule has 0 aliphatic carbocycles. The van der Waals surface area contributed by atoms with Crippen molar-refractivity contribution in [3.8, 4) is 6.07 Å². The highest BCUT2D eigenvalue weighted by Gasteiger charge is 2.18. The summed E-state index contributed by atoms with van der Waals surface area (Å²) in [5.74, 6) is -0.142. The monoisotopic (exact) mass is 337 g/mol. The van der Waals surface area contributed by atoms with Crippen LogP contribution in [0.4, 0.5) is 0 Å². The summed E-state index contributed by atoms with van der Waals surface area (Å²) >= 11 is 0. The summed E-state index contributed by atoms with van der Waals surface area (Å²) in [6.45, 7) is 2.03. The highest BCUT2D eigenvalue weighted by Crippen LogP contribution is 2.11. The number of hydrogen-bond donors (Lipinski definition) is 0. The second-order valence-corrected chi connectivity index (χ2v) is 5.33. The Kier molecular flexibility index (Phi) is 4.31. The quantitative estimate of drug-likeness (QED) is 0.663. The van der Waals surface area contributed by atoms with Gasteiger partial charge in [-0.3, -0.25) is 14.0 Å². The highest BCUT2D eigenvalue weighted by atomic mass is 16.5. The van der Waals surface area contributed by atoms with Gasteiger partial charge in [-0.2, -0.15) is 10.4 Å². The van der Waals surface area contributed by atoms with Crippen molar-refractivity contribution in [3.63, 3.8) is 0 Å². The third-order valence-electron chi connectivity index (χ3n) is 3.74. The van der Waals surface area contributed by atoms with Crippen LogP contribution < -0.4 is 5.56 Å². The predicted octanol–water partition coefficient (Wildman–Crippen LogP) is 1.23. The van der Waals surface area contributed by atoms with Crippen LogP contribution in [0.1, 0.15) is 28.8 Å². The molecule has 0 saturated heterocycles. The van der Waals surface area contributed by atoms with Crippen LogP contribution in [0.3, 0.4) is 0 Å². The first kappa shape index (κ1) is 16.4. The minimum atomic E-state index is -0.606. The smallest absolute Gasteiger partial charge is 0.342 e. The Hall–Kier alpha value is -3.47. The molecule has 3 aromatic rings. The fourth-order valence-electron chi connectivity index (χ4n) is 2.49. The molecule has 8 heteroatoms. The number of rotatable bonds is 4. The number of aromatic nitrogens is 4. The van der Waals surface area contributed by atoms with Crippen molar-refractivity contribution in [3.05, 3.63) is 57.9 Å². The molecule has 1 aromatic carbocycles. The molecule has 0 aliphatic heterocycles. The third-order valence-corrected chi connectivity index (χ3v) is 3.74. The second-order valence-electron chi connectivity index (χ2n) is 5.33. The summed E-state index contributed by atoms with van der Waals surface area (Å²) in [5, 5.41) is 13.8. The number of carbonyl (C=O) groups excluding carboxylic acids is 1. The van der Waals surface area contributed by atoms with Crippen LogP contribution in [-0.4, -0.2) is 31.9 Å². The first-order chi connectivity index (χ1) is 12.0. The Bertz CT molecular complexity index is 1060. The van der Waals surface area contributed by atoms with E-state index in [9.17, 15) is 9.59 Å². The summed E-state index contributed by atoms with van der Waals surface area (Å²) in [7, 11) is 1.62. The molecule has 0 atom stereocenters. The van der Waals surface area contributed by atoms with Crippen molar-refractivity contribution in [2.45, 2.75) is 13.5 Å². The van der Waals surface area contributed by atoms with Gasteiger partial charge in [0.05, 0.1) is 24.1 Å². The summed E-state index contributed by atoms with van der Waals surface area (Å²) in [6, 6.07) is 8.94. The molecule has 8 nitrogen and oxygen atoms in total. The molecule has 0 spiro atoms. The maximum Gasteiger partial charge on any atom is 0.342 e. The molecule has 0 fully saturated rings. The molecule has 0 bridgehead atoms. The molecule has 0 unspecified atom stereocenters. The summed E-state index contributed by atoms with van der Waals surface area (Å²) in [4.78, 5) is 28.8. The van der Waals surface area contributed by atoms with E-state index >= 15 is 0 Å². The first-order valence-electron chi connectivity index (χ1n) is 7.64. The molecule has 25 heavy (non-hydrogen) atoms. The lowest BCUT2D eigenvalue weighted by Crippen LogP contribution is -2.24. The minimum Gasteiger partial charge on any atom is -0.462 e. The van der Waals surface area contributed by atoms with E-state index in [1.807, 2.05) is 6.07 Å². The summed E-state index contributed by atoms with van der Waals surface area (Å²) in [5.41, 5.74) is 0.483. The Morgan fingerprint density at radius 3 is 2.84 bits per heavy atom. The maximum atomic E-state index is 12.4. The Balaban J connectivity index is 2.02. The fourth-order valence-corrected chi connectivity index (χ4v) is 2.49. The zero-order valence-corrected chi connectivity index (χ0v) is 13.8. The second kappa shape index (κ2) is 6.57. The van der Waals surface area contributed by atoms with Crippen molar-refractivity contribution in [1.82, 2.24) is 19.3 Å². The Morgan fingerprint density at radius 2 is 2.12 bits per heavy atom. The fraction of sp³-hybridized carbons (Fsp3) is 0.235. The van der Waals surface area contributed by atoms with E-state index in [1.54, 1.807) is 38.2 Å². The number of benzene rings is 1. The number of fused-ring (bicyclic) bond motifs is 1. The molecule has 3 rings (SSSR count). The van der Waals surface area contributed by atoms with Crippen molar-refractivity contribution >= 4 is 16.9 Å². The maximum absolute atomic E-state index is 12.4. The lowest BCUT2D eigenvalue weighted by atomic mass is 10.2. The van der Waals surface area contributed by atoms with E-state index in [0.29, 0.717) is 16.7 Å². The van der Waals surface area contributed by atoms with Crippen LogP contribution in [0.2, 0.25) is 0 Å². The van der Waals surface area contributed by atoms with Gasteiger partial charge in [-0.25, -0.2) is 9.78 Å². The van der Waals surface area contributed by atoms with E-state index in [2.05, 4.69) is 10.1 Å². The van der Waals surface area contributed by atoms with Gasteiger partial charge in [0.15, 0.2) is 5.69 Å². The van der Waals surface area contributed by atoms with Gasteiger partial charge in [0.1, 0.15) is 17.5 Å². The van der Waals surface area contributed by atoms with Gasteiger partial charge >= 0.3 is 5.97 Å². The van der Waals surface area contributed by atoms with Crippen molar-refractivity contribution in [2.75, 3.05) is 6.61 Å². The van der Waals surface area contributed by atoms with E-state index < -0.39 is 5.97 Å². The normalized spacial score (nSPS) is 10.6. The molecule has 2 aromatic heterocycles. The Morgan fingerprint density at radius 1 is 1.36 bits per heavy atom. The topological polar surface area (TPSA) is 103 Å². The van der Waals surface area contributed by atoms with Gasteiger partial charge in [-0.05, 0) is 19.1 Å². The van der Waals surface area contributed by atoms with E-state index in [4.69, 9.17) is 10.00 Å². The van der Waals surface area contributed by atoms with Crippen LogP contribution in [-0.2, 0) is 18.3 Å². The molecule has 0 saturated carbocycles. The highest BCUT2D eigenvalue weighted by molar-refractivity contribution is 5.91. The van der Waals surface area contributed by atoms with Crippen LogP contribution in [0.15, 0.2) is 35.3 Å². The molecular formula is C17H15N5O3. The zero-order chi connectivity index (χ0) is 18.0. The number of nitrogens with zero attached hydrogens (tertiary/aromatic N) is 5. The first-order valence-corrected chi connectivity index (χ1v) is 7.64. The number of para-hydroxylation sites is 1. The molecular weight excluding hydrogens is 322 g/mol. The molecule has 0 N–H and O–H groups in total. The van der Waals surface area contributed by atoms with E-state index in [-0.39, 0.29) is 30.0 Å². The number of carbonyl (C=O) groups is 1. The van der Waals surface area contributed by atoms with E-state index in [0.717, 1.165) is 0 Å².